The largest absolute Gasteiger partial charge is 0.486 e. The van der Waals surface area contributed by atoms with E-state index in [0.717, 1.165) is 126 Å². The van der Waals surface area contributed by atoms with Gasteiger partial charge in [0.1, 0.15) is 32.0 Å². The molecule has 6 aromatic rings. The number of fused-ring (bicyclic) bond motifs is 4. The van der Waals surface area contributed by atoms with Gasteiger partial charge < -0.3 is 62.3 Å². The van der Waals surface area contributed by atoms with Crippen LogP contribution in [0.15, 0.2) is 107 Å². The minimum atomic E-state index is -0.610. The number of nitrogens with one attached hydrogen (secondary N) is 1. The normalized spacial score (nSPS) is 15.9. The van der Waals surface area contributed by atoms with E-state index < -0.39 is 17.5 Å². The highest BCUT2D eigenvalue weighted by atomic mass is 16.6. The average molecular weight is 1160 g/mol. The summed E-state index contributed by atoms with van der Waals surface area (Å²) >= 11 is 0. The highest BCUT2D eigenvalue weighted by Gasteiger charge is 2.32. The number of carbonyl (C=O) groups excluding carboxylic acids is 3. The molecule has 0 saturated carbocycles. The number of ether oxygens (including phenoxy) is 7. The molecule has 0 spiro atoms. The van der Waals surface area contributed by atoms with Gasteiger partial charge in [-0.25, -0.2) is 14.4 Å². The van der Waals surface area contributed by atoms with Crippen LogP contribution >= 0.6 is 0 Å². The van der Waals surface area contributed by atoms with Gasteiger partial charge in [0.15, 0.2) is 23.0 Å². The van der Waals surface area contributed by atoms with Crippen molar-refractivity contribution in [3.63, 3.8) is 0 Å². The lowest BCUT2D eigenvalue weighted by Crippen LogP contribution is -2.49. The first-order valence-electron chi connectivity index (χ1n) is 29.9. The topological polar surface area (TPSA) is 182 Å². The molecule has 1 N–H and O–H groups in total. The van der Waals surface area contributed by atoms with Crippen LogP contribution in [0.2, 0.25) is 0 Å². The molecule has 4 aromatic carbocycles. The number of amides is 1. The number of nitrogens with zero attached hydrogens (tertiary/aromatic N) is 5. The molecule has 6 heterocycles. The second-order valence-corrected chi connectivity index (χ2v) is 23.0. The standard InChI is InChI=1S/C36H45N3O7.C31H37N3O5/c1-6-43-34(41)12-9-27-23-33(40)38(30-21-25(2)7-10-29(27)30)18-17-37-15-13-28(14-16-37)39(35(42)46-36(3,4)5)24-26-8-11-31-32(22-26)45-20-19-44-31;1-3-37-31(36)9-6-24-20-30(35)34(27-18-22(2)4-7-26(24)27)15-14-33-12-10-25(11-13-33)32-21-23-5-8-28-29(19-23)39-17-16-38-28/h7-12,21-23,28H,6,13-20,24H2,1-5H3;4-9,18-20,25,32H,3,10-17,21H2,1-2H3/b12-9+;9-6+. The lowest BCUT2D eigenvalue weighted by molar-refractivity contribution is -0.138. The summed E-state index contributed by atoms with van der Waals surface area (Å²) in [5.74, 6) is 2.22. The van der Waals surface area contributed by atoms with Crippen LogP contribution in [0.3, 0.4) is 0 Å². The number of likely N-dealkylation sites (tertiary alicyclic amines) is 2. The first-order chi connectivity index (χ1) is 41.0. The Kier molecular flexibility index (Phi) is 20.9. The first kappa shape index (κ1) is 61.6. The molecule has 2 fully saturated rings. The molecule has 1 amide bonds. The SMILES string of the molecule is CCOC(=O)/C=C/c1cc(=O)n(CCN2CCC(N(Cc3ccc4c(c3)OCCO4)C(=O)OC(C)(C)C)CC2)c2cc(C)ccc12.CCOC(=O)/C=C/c1cc(=O)n(CCN2CCC(NCc3ccc4c(c3)OCCO4)CC2)c2cc(C)ccc12. The van der Waals surface area contributed by atoms with Gasteiger partial charge in [-0.15, -0.1) is 0 Å². The quantitative estimate of drug-likeness (QED) is 0.0488. The maximum absolute atomic E-state index is 13.4. The molecule has 18 heteroatoms. The number of aryl methyl sites for hydroxylation is 2. The van der Waals surface area contributed by atoms with Crippen LogP contribution in [0, 0.1) is 13.8 Å². The number of carbonyl (C=O) groups is 3. The molecule has 0 radical (unpaired) electrons. The summed E-state index contributed by atoms with van der Waals surface area (Å²) in [6.45, 7) is 23.5. The molecule has 0 atom stereocenters. The van der Waals surface area contributed by atoms with E-state index in [-0.39, 0.29) is 23.3 Å². The zero-order valence-corrected chi connectivity index (χ0v) is 50.3. The van der Waals surface area contributed by atoms with E-state index >= 15 is 0 Å². The van der Waals surface area contributed by atoms with Crippen molar-refractivity contribution in [2.45, 2.75) is 118 Å². The van der Waals surface area contributed by atoms with Crippen LogP contribution in [0.1, 0.15) is 93.7 Å². The minimum Gasteiger partial charge on any atom is -0.486 e. The molecule has 85 heavy (non-hydrogen) atoms. The summed E-state index contributed by atoms with van der Waals surface area (Å²) in [4.78, 5) is 70.2. The first-order valence-corrected chi connectivity index (χ1v) is 29.9. The molecule has 0 bridgehead atoms. The molecule has 2 saturated heterocycles. The van der Waals surface area contributed by atoms with E-state index in [2.05, 4.69) is 27.2 Å². The number of aromatic nitrogens is 2. The summed E-state index contributed by atoms with van der Waals surface area (Å²) in [6, 6.07) is 27.7. The van der Waals surface area contributed by atoms with Gasteiger partial charge >= 0.3 is 18.0 Å². The van der Waals surface area contributed by atoms with Gasteiger partial charge in [-0.3, -0.25) is 9.59 Å². The van der Waals surface area contributed by atoms with Gasteiger partial charge in [0.2, 0.25) is 0 Å². The molecule has 10 rings (SSSR count). The van der Waals surface area contributed by atoms with Gasteiger partial charge in [0.05, 0.1) is 24.2 Å². The molecule has 0 aliphatic carbocycles. The number of esters is 2. The Balaban J connectivity index is 0.000000206. The summed E-state index contributed by atoms with van der Waals surface area (Å²) in [5.41, 5.74) is 6.64. The Morgan fingerprint density at radius 2 is 1.05 bits per heavy atom. The van der Waals surface area contributed by atoms with Gasteiger partial charge in [0, 0.05) is 99.5 Å². The molecule has 4 aliphatic rings. The van der Waals surface area contributed by atoms with Crippen molar-refractivity contribution < 1.29 is 47.5 Å². The summed E-state index contributed by atoms with van der Waals surface area (Å²) in [5, 5.41) is 5.54. The number of pyridine rings is 2. The third kappa shape index (κ3) is 16.7. The summed E-state index contributed by atoms with van der Waals surface area (Å²) in [7, 11) is 0. The Morgan fingerprint density at radius 1 is 0.588 bits per heavy atom. The Bertz CT molecular complexity index is 3510. The second-order valence-electron chi connectivity index (χ2n) is 23.0. The highest BCUT2D eigenvalue weighted by molar-refractivity contribution is 5.95. The number of piperidine rings is 2. The van der Waals surface area contributed by atoms with E-state index in [0.29, 0.717) is 83.2 Å². The van der Waals surface area contributed by atoms with Gasteiger partial charge in [0.25, 0.3) is 11.1 Å². The Hall–Kier alpha value is -7.93. The number of hydrogen-bond acceptors (Lipinski definition) is 15. The van der Waals surface area contributed by atoms with E-state index in [1.54, 1.807) is 38.1 Å². The fourth-order valence-electron chi connectivity index (χ4n) is 11.3. The fourth-order valence-corrected chi connectivity index (χ4v) is 11.3. The van der Waals surface area contributed by atoms with Gasteiger partial charge in [-0.05, 0) is 169 Å². The predicted molar refractivity (Wildman–Crippen MR) is 330 cm³/mol. The van der Waals surface area contributed by atoms with Crippen LogP contribution in [0.5, 0.6) is 23.0 Å². The van der Waals surface area contributed by atoms with E-state index in [9.17, 15) is 24.0 Å². The van der Waals surface area contributed by atoms with E-state index in [1.165, 1.54) is 17.7 Å². The molecular weight excluding hydrogens is 1080 g/mol. The molecule has 452 valence electrons. The maximum Gasteiger partial charge on any atom is 0.410 e. The van der Waals surface area contributed by atoms with Crippen LogP contribution in [-0.4, -0.2) is 138 Å². The Labute approximate surface area is 497 Å². The van der Waals surface area contributed by atoms with Crippen molar-refractivity contribution in [3.8, 4) is 23.0 Å². The van der Waals surface area contributed by atoms with E-state index in [1.807, 2.05) is 109 Å². The zero-order chi connectivity index (χ0) is 60.0. The Morgan fingerprint density at radius 3 is 1.53 bits per heavy atom. The monoisotopic (exact) mass is 1160 g/mol. The van der Waals surface area contributed by atoms with Crippen molar-refractivity contribution in [2.75, 3.05) is 78.9 Å². The lowest BCUT2D eigenvalue weighted by atomic mass is 10.0. The van der Waals surface area contributed by atoms with Crippen molar-refractivity contribution >= 4 is 52.0 Å². The van der Waals surface area contributed by atoms with Crippen molar-refractivity contribution in [1.29, 1.82) is 0 Å². The molecule has 2 aromatic heterocycles. The lowest BCUT2D eigenvalue weighted by Gasteiger charge is -2.39. The van der Waals surface area contributed by atoms with Crippen LogP contribution in [0.4, 0.5) is 4.79 Å². The summed E-state index contributed by atoms with van der Waals surface area (Å²) in [6.07, 6.45) is 9.44. The maximum atomic E-state index is 13.4. The average Bonchev–Trinajstić information content (AvgIpc) is 3.41. The second kappa shape index (κ2) is 28.8. The molecule has 0 unspecified atom stereocenters. The van der Waals surface area contributed by atoms with Crippen molar-refractivity contribution in [1.82, 2.24) is 29.2 Å². The predicted octanol–water partition coefficient (Wildman–Crippen LogP) is 9.47. The molecular formula is C67H82N6O12. The van der Waals surface area contributed by atoms with Gasteiger partial charge in [-0.2, -0.15) is 0 Å². The third-order valence-electron chi connectivity index (χ3n) is 15.6. The number of benzene rings is 4. The van der Waals surface area contributed by atoms with Crippen molar-refractivity contribution in [3.05, 3.63) is 151 Å². The third-order valence-corrected chi connectivity index (χ3v) is 15.6. The highest BCUT2D eigenvalue weighted by Crippen LogP contribution is 2.33. The minimum absolute atomic E-state index is 0.0102. The molecule has 4 aliphatic heterocycles. The van der Waals surface area contributed by atoms with E-state index in [4.69, 9.17) is 33.2 Å². The number of rotatable bonds is 18. The number of hydrogen-bond donors (Lipinski definition) is 1. The zero-order valence-electron chi connectivity index (χ0n) is 50.3. The smallest absolute Gasteiger partial charge is 0.410 e. The van der Waals surface area contributed by atoms with Gasteiger partial charge in [-0.1, -0.05) is 36.4 Å². The van der Waals surface area contributed by atoms with Crippen molar-refractivity contribution in [2.24, 2.45) is 0 Å². The molecule has 18 nitrogen and oxygen atoms in total. The van der Waals surface area contributed by atoms with Crippen LogP contribution < -0.4 is 35.4 Å². The van der Waals surface area contributed by atoms with Crippen LogP contribution in [0.25, 0.3) is 34.0 Å². The summed E-state index contributed by atoms with van der Waals surface area (Å²) < 4.78 is 42.3. The fraction of sp³-hybridized carbons (Fsp3) is 0.448. The van der Waals surface area contributed by atoms with Crippen LogP contribution in [-0.2, 0) is 50.0 Å².